The van der Waals surface area contributed by atoms with Crippen molar-refractivity contribution in [2.75, 3.05) is 79.2 Å². The van der Waals surface area contributed by atoms with Crippen molar-refractivity contribution in [2.24, 2.45) is 28.6 Å². The Morgan fingerprint density at radius 1 is 0.441 bits per heavy atom. The molecule has 0 spiro atoms. The van der Waals surface area contributed by atoms with Crippen LogP contribution in [0.1, 0.15) is 197 Å². The number of aromatic amines is 5. The summed E-state index contributed by atoms with van der Waals surface area (Å²) in [5.41, 5.74) is 16.3. The normalized spacial score (nSPS) is 24.0. The third-order valence-electron chi connectivity index (χ3n) is 24.1. The third kappa shape index (κ3) is 31.8. The largest absolute Gasteiger partial charge is 1.00 e. The van der Waals surface area contributed by atoms with Crippen LogP contribution < -0.4 is 91.5 Å². The molecule has 0 bridgehead atoms. The molecule has 0 amide bonds. The van der Waals surface area contributed by atoms with E-state index >= 15 is 0 Å². The smallest absolute Gasteiger partial charge is 0.870 e. The number of aromatic nitrogens is 10. The zero-order valence-electron chi connectivity index (χ0n) is 84.8. The molecular weight excluding hydrogens is 1920 g/mol. The molecule has 790 valence electrons. The summed E-state index contributed by atoms with van der Waals surface area (Å²) < 4.78 is 95.7. The molecule has 0 radical (unpaired) electrons. The molecule has 5 aromatic heterocycles. The quantitative estimate of drug-likeness (QED) is 0.00319. The predicted octanol–water partition coefficient (Wildman–Crippen LogP) is 4.90. The van der Waals surface area contributed by atoms with E-state index in [0.717, 1.165) is 16.7 Å². The second-order valence-electron chi connectivity index (χ2n) is 35.1. The van der Waals surface area contributed by atoms with Gasteiger partial charge in [-0.3, -0.25) is 71.7 Å². The first-order valence-corrected chi connectivity index (χ1v) is 48.0. The molecule has 9 N–H and O–H groups in total. The van der Waals surface area contributed by atoms with Crippen LogP contribution in [-0.4, -0.2) is 245 Å². The van der Waals surface area contributed by atoms with Gasteiger partial charge < -0.3 is 91.8 Å². The maximum Gasteiger partial charge on any atom is 1.00 e. The molecule has 8 aromatic rings. The fraction of sp³-hybridized carbons (Fsp3) is 0.567. The number of nitrogens with one attached hydrogen (secondary N) is 5. The van der Waals surface area contributed by atoms with Crippen LogP contribution in [0.3, 0.4) is 0 Å². The summed E-state index contributed by atoms with van der Waals surface area (Å²) in [6, 6.07) is 19.9. The Morgan fingerprint density at radius 2 is 0.710 bits per heavy atom. The van der Waals surface area contributed by atoms with Crippen LogP contribution in [0.4, 0.5) is 0 Å². The fourth-order valence-electron chi connectivity index (χ4n) is 16.4. The summed E-state index contributed by atoms with van der Waals surface area (Å²) in [5.74, 6) is -1.74. The molecule has 5 aliphatic heterocycles. The number of carbonyl (C=O) groups is 3. The Balaban J connectivity index is 0.000000278. The Bertz CT molecular complexity index is 6120. The number of benzene rings is 3. The molecule has 10 heterocycles. The first-order chi connectivity index (χ1) is 67.6. The van der Waals surface area contributed by atoms with Crippen molar-refractivity contribution in [3.63, 3.8) is 0 Å². The van der Waals surface area contributed by atoms with E-state index < -0.39 is 169 Å². The monoisotopic (exact) mass is 2060 g/mol. The zero-order chi connectivity index (χ0) is 104. The van der Waals surface area contributed by atoms with Gasteiger partial charge in [0.1, 0.15) is 69.2 Å². The van der Waals surface area contributed by atoms with Crippen molar-refractivity contribution in [1.29, 1.82) is 0 Å². The Labute approximate surface area is 860 Å². The van der Waals surface area contributed by atoms with E-state index in [1.54, 1.807) is 97.0 Å². The number of aliphatic hydroxyl groups excluding tert-OH is 1. The number of esters is 3. The first kappa shape index (κ1) is 123. The van der Waals surface area contributed by atoms with E-state index in [4.69, 9.17) is 88.5 Å². The van der Waals surface area contributed by atoms with Crippen LogP contribution in [0.25, 0.3) is 15.3 Å². The maximum atomic E-state index is 12.5. The van der Waals surface area contributed by atoms with Crippen molar-refractivity contribution in [3.05, 3.63) is 291 Å². The average Bonchev–Trinajstić information content (AvgIpc) is 1.62. The van der Waals surface area contributed by atoms with Gasteiger partial charge in [-0.05, 0) is 160 Å². The molecular formula is C97H136N16NaO30P. The van der Waals surface area contributed by atoms with E-state index in [0.29, 0.717) is 77.5 Å². The van der Waals surface area contributed by atoms with Gasteiger partial charge in [0.15, 0.2) is 31.1 Å². The molecule has 145 heavy (non-hydrogen) atoms. The number of aryl methyl sites for hydroxylation is 8. The molecule has 3 aromatic carbocycles. The number of nitrogens with zero attached hydrogens (tertiary/aromatic N) is 10. The van der Waals surface area contributed by atoms with E-state index in [9.17, 15) is 67.4 Å². The number of hydrogen-bond acceptors (Lipinski definition) is 33. The number of azide groups is 1. The number of nitrogens with two attached hydrogens (primary N) is 1. The van der Waals surface area contributed by atoms with Gasteiger partial charge in [-0.2, -0.15) is 0 Å². The molecule has 48 heteroatoms. The van der Waals surface area contributed by atoms with Crippen molar-refractivity contribution in [1.82, 2.24) is 52.4 Å². The average molecular weight is 2060 g/mol. The number of rotatable bonds is 35. The van der Waals surface area contributed by atoms with Crippen LogP contribution in [0.5, 0.6) is 0 Å². The Kier molecular flexibility index (Phi) is 49.1. The predicted molar refractivity (Wildman–Crippen MR) is 528 cm³/mol. The van der Waals surface area contributed by atoms with Gasteiger partial charge in [-0.15, -0.1) is 0 Å². The maximum absolute atomic E-state index is 12.5. The topological polar surface area (TPSA) is 597 Å². The van der Waals surface area contributed by atoms with E-state index in [1.807, 2.05) is 86.6 Å². The minimum atomic E-state index is -1.40. The van der Waals surface area contributed by atoms with E-state index in [1.165, 1.54) is 53.8 Å². The van der Waals surface area contributed by atoms with E-state index in [-0.39, 0.29) is 137 Å². The van der Waals surface area contributed by atoms with Crippen molar-refractivity contribution < 1.29 is 125 Å². The van der Waals surface area contributed by atoms with Gasteiger partial charge in [-0.1, -0.05) is 86.4 Å². The number of carbonyl (C=O) groups excluding carboxylic acids is 3. The van der Waals surface area contributed by atoms with E-state index in [2.05, 4.69) is 72.2 Å². The summed E-state index contributed by atoms with van der Waals surface area (Å²) in [7, 11) is -1.40. The fourth-order valence-corrected chi connectivity index (χ4v) is 18.0. The van der Waals surface area contributed by atoms with Gasteiger partial charge in [0.2, 0.25) is 6.54 Å². The van der Waals surface area contributed by atoms with Gasteiger partial charge in [0.25, 0.3) is 36.3 Å². The second-order valence-corrected chi connectivity index (χ2v) is 36.5. The Hall–Kier alpha value is -10.9. The molecule has 5 aliphatic rings. The second kappa shape index (κ2) is 58.0. The van der Waals surface area contributed by atoms with Crippen LogP contribution in [0, 0.1) is 79.7 Å². The molecule has 46 nitrogen and oxygen atoms in total. The Morgan fingerprint density at radius 3 is 1.02 bits per heavy atom. The molecule has 21 atom stereocenters. The minimum absolute atomic E-state index is 0. The van der Waals surface area contributed by atoms with Gasteiger partial charge in [-0.25, -0.2) is 49.6 Å². The standard InChI is InChI=1S/C22H37N4O6P.C21H26N2O6.C20H23N5O6.C20H25N3O6.C13H20N2O5.CH4.Na.H2O/c1-9-29-19-17(7)18(32-21(19)25-12-16(6)20(27)24-22(25)28)13-31-33(30-11-10-23-8)26(14(2)3)15(4)5;1-5-27-17-14(4)16(11-28-20(25)15-8-6-12(2)7-9-15)29-19(17)23-10-13(3)18(24)22-21(23)26;1-4-29-16-15(23-24-21)14(10-30-19(27)13-7-5-11(2)6-8-13)31-18(16)25-9-12(3)17(26)22-20(25)28;1-4-27-16-15(21)14(10-28-19(25)13-7-5-11(2)6-8-13)29-18(16)23-9-12(3)17(24)22-20(23)26;1-4-19-10-8(3)9(6-16)20-12(10)15-5-7(2)11(17)14-13(15)18;;;/h12,14-15,17-19,21H,9-11,13H2,1-7H3,(H,24,27,28);6-10,14,16-17,19H,5,11H2,1-4H3,(H,22,24,26);5-9,14-16,18H,4,10H2,1-3H3,(H,22,26,28);5-9,14-16,18H,4,10,21H2,1-3H3,(H,22,24,26);5,8-10,12,16H,4,6H2,1-3H3,(H,14,17,18);1H4;;1H2/q;;;;;;+1;/p-1/t17-,18-,19-,21-,33?;14-,16-,17-,19-;2*14-,15-,16-,18-;8-,9-,10-,12-;;;/m11111.../s1. The minimum Gasteiger partial charge on any atom is -0.870 e. The molecule has 5 fully saturated rings. The molecule has 0 aliphatic carbocycles. The van der Waals surface area contributed by atoms with Crippen LogP contribution >= 0.6 is 8.53 Å². The summed E-state index contributed by atoms with van der Waals surface area (Å²) in [4.78, 5) is 174. The summed E-state index contributed by atoms with van der Waals surface area (Å²) in [6.45, 7) is 46.5. The zero-order valence-corrected chi connectivity index (χ0v) is 87.7. The molecule has 1 unspecified atom stereocenters. The number of H-pyrrole nitrogens is 5. The van der Waals surface area contributed by atoms with Crippen LogP contribution in [0.15, 0.2) is 157 Å². The van der Waals surface area contributed by atoms with Crippen LogP contribution in [-0.2, 0) is 70.6 Å². The number of hydrogen-bond donors (Lipinski definition) is 7. The van der Waals surface area contributed by atoms with Gasteiger partial charge >= 0.3 is 75.9 Å². The number of aliphatic hydroxyl groups is 1. The number of ether oxygens (including phenoxy) is 13. The van der Waals surface area contributed by atoms with Crippen molar-refractivity contribution >= 4 is 26.4 Å². The van der Waals surface area contributed by atoms with Crippen molar-refractivity contribution in [3.8, 4) is 0 Å². The SMILES string of the molecule is C.CCO[C@@H]1[C@H](C)[C@@H](CO)O[C@H]1n1cc(C)c(=O)[nH]c1=O.CCO[C@@H]1[C@H](C)[C@@H](COC(=O)c2ccc(C)cc2)O[C@H]1n1cc(C)c(=O)[nH]c1=O.CCO[C@@H]1[C@H](N)[C@@H](COC(=O)c2ccc(C)cc2)O[C@H]1n1cc(C)c(=O)[nH]c1=O.CCO[C@@H]1[C@H](N=[N+]=[N-])[C@@H](COC(=O)c2ccc(C)cc2)O[C@H]1n1cc(C)c(=O)[nH]c1=O.[C-]#[N+]CCOP(OC[C@H]1O[C@@H](n2cc(C)c(=O)[nH]c2=O)[C@H](OCC)[C@@H]1C)N(C(C)C)C(C)C.[Na+].[OH-]. The summed E-state index contributed by atoms with van der Waals surface area (Å²) in [5, 5.41) is 13.1. The van der Waals surface area contributed by atoms with Crippen molar-refractivity contribution in [2.45, 2.75) is 262 Å². The molecule has 0 saturated carbocycles. The molecule has 13 rings (SSSR count). The van der Waals surface area contributed by atoms with Gasteiger partial charge in [0, 0.05) is 127 Å². The first-order valence-electron chi connectivity index (χ1n) is 46.8. The molecule has 5 saturated heterocycles. The summed E-state index contributed by atoms with van der Waals surface area (Å²) in [6.07, 6.45) is -2.05. The van der Waals surface area contributed by atoms with Crippen LogP contribution in [0.2, 0.25) is 0 Å². The summed E-state index contributed by atoms with van der Waals surface area (Å²) >= 11 is 0. The van der Waals surface area contributed by atoms with Gasteiger partial charge in [0.05, 0.1) is 60.3 Å². The third-order valence-corrected chi connectivity index (χ3v) is 26.2.